The van der Waals surface area contributed by atoms with E-state index in [4.69, 9.17) is 11.5 Å². The zero-order valence-corrected chi connectivity index (χ0v) is 7.44. The van der Waals surface area contributed by atoms with E-state index < -0.39 is 0 Å². The van der Waals surface area contributed by atoms with Crippen LogP contribution in [0.25, 0.3) is 0 Å². The van der Waals surface area contributed by atoms with Crippen LogP contribution in [0, 0.1) is 6.92 Å². The van der Waals surface area contributed by atoms with Gasteiger partial charge in [-0.3, -0.25) is 0 Å². The standard InChI is InChI=1S/C9H12N4/c1-7-2-4-8(5-3-7)6-12-13-9(10)11/h2-6H,1H3,(H4,10,11,13)/b12-6+. The Morgan fingerprint density at radius 2 is 1.85 bits per heavy atom. The third-order valence-corrected chi connectivity index (χ3v) is 1.46. The molecule has 0 aliphatic rings. The molecule has 4 nitrogen and oxygen atoms in total. The molecule has 68 valence electrons. The zero-order chi connectivity index (χ0) is 9.68. The van der Waals surface area contributed by atoms with Gasteiger partial charge in [0.05, 0.1) is 6.21 Å². The summed E-state index contributed by atoms with van der Waals surface area (Å²) in [5, 5.41) is 7.17. The third kappa shape index (κ3) is 3.37. The van der Waals surface area contributed by atoms with Crippen molar-refractivity contribution in [1.29, 1.82) is 0 Å². The van der Waals surface area contributed by atoms with Gasteiger partial charge in [-0.15, -0.1) is 5.10 Å². The van der Waals surface area contributed by atoms with Gasteiger partial charge in [-0.1, -0.05) is 29.8 Å². The van der Waals surface area contributed by atoms with Crippen molar-refractivity contribution in [3.05, 3.63) is 35.4 Å². The van der Waals surface area contributed by atoms with Gasteiger partial charge in [-0.25, -0.2) is 0 Å². The van der Waals surface area contributed by atoms with Gasteiger partial charge in [0.2, 0.25) is 5.96 Å². The predicted octanol–water partition coefficient (Wildman–Crippen LogP) is 0.602. The van der Waals surface area contributed by atoms with E-state index in [1.807, 2.05) is 31.2 Å². The van der Waals surface area contributed by atoms with Gasteiger partial charge in [-0.05, 0) is 12.5 Å². The van der Waals surface area contributed by atoms with Crippen LogP contribution in [0.5, 0.6) is 0 Å². The molecule has 4 N–H and O–H groups in total. The molecular formula is C9H12N4. The Labute approximate surface area is 77.0 Å². The largest absolute Gasteiger partial charge is 0.369 e. The van der Waals surface area contributed by atoms with Crippen molar-refractivity contribution in [1.82, 2.24) is 0 Å². The molecule has 0 atom stereocenters. The molecule has 0 heterocycles. The Balaban J connectivity index is 2.70. The summed E-state index contributed by atoms with van der Waals surface area (Å²) in [6.07, 6.45) is 1.60. The highest BCUT2D eigenvalue weighted by atomic mass is 15.3. The minimum absolute atomic E-state index is 0.0386. The first kappa shape index (κ1) is 9.25. The van der Waals surface area contributed by atoms with E-state index >= 15 is 0 Å². The fourth-order valence-electron chi connectivity index (χ4n) is 0.815. The average Bonchev–Trinajstić information content (AvgIpc) is 2.08. The highest BCUT2D eigenvalue weighted by Gasteiger charge is 1.85. The van der Waals surface area contributed by atoms with E-state index in [2.05, 4.69) is 10.2 Å². The quantitative estimate of drug-likeness (QED) is 0.393. The number of rotatable bonds is 2. The number of hydrogen-bond donors (Lipinski definition) is 2. The Kier molecular flexibility index (Phi) is 3.03. The maximum absolute atomic E-state index is 5.09. The predicted molar refractivity (Wildman–Crippen MR) is 54.6 cm³/mol. The lowest BCUT2D eigenvalue weighted by atomic mass is 10.2. The second-order valence-electron chi connectivity index (χ2n) is 2.68. The molecule has 0 saturated carbocycles. The molecule has 0 aromatic heterocycles. The van der Waals surface area contributed by atoms with Crippen molar-refractivity contribution < 1.29 is 0 Å². The van der Waals surface area contributed by atoms with E-state index in [0.29, 0.717) is 0 Å². The summed E-state index contributed by atoms with van der Waals surface area (Å²) in [7, 11) is 0. The molecule has 0 saturated heterocycles. The molecule has 0 aliphatic carbocycles. The van der Waals surface area contributed by atoms with Gasteiger partial charge in [0.25, 0.3) is 0 Å². The highest BCUT2D eigenvalue weighted by Crippen LogP contribution is 1.99. The molecule has 0 fully saturated rings. The summed E-state index contributed by atoms with van der Waals surface area (Å²) in [5.41, 5.74) is 12.4. The molecule has 0 amide bonds. The highest BCUT2D eigenvalue weighted by molar-refractivity contribution is 5.81. The molecule has 0 aliphatic heterocycles. The summed E-state index contributed by atoms with van der Waals surface area (Å²) < 4.78 is 0. The lowest BCUT2D eigenvalue weighted by Gasteiger charge is -1.92. The second-order valence-corrected chi connectivity index (χ2v) is 2.68. The Hall–Kier alpha value is -1.84. The first-order valence-electron chi connectivity index (χ1n) is 3.87. The van der Waals surface area contributed by atoms with Crippen LogP contribution in [0.3, 0.4) is 0 Å². The van der Waals surface area contributed by atoms with Crippen molar-refractivity contribution in [2.24, 2.45) is 21.7 Å². The van der Waals surface area contributed by atoms with Crippen molar-refractivity contribution in [3.8, 4) is 0 Å². The molecule has 0 radical (unpaired) electrons. The van der Waals surface area contributed by atoms with E-state index in [9.17, 15) is 0 Å². The summed E-state index contributed by atoms with van der Waals surface area (Å²) in [5.74, 6) is -0.0386. The monoisotopic (exact) mass is 176 g/mol. The molecular weight excluding hydrogens is 164 g/mol. The van der Waals surface area contributed by atoms with Crippen LogP contribution in [0.4, 0.5) is 0 Å². The van der Waals surface area contributed by atoms with Gasteiger partial charge in [-0.2, -0.15) is 5.10 Å². The molecule has 0 bridgehead atoms. The second kappa shape index (κ2) is 4.25. The van der Waals surface area contributed by atoms with E-state index in [1.165, 1.54) is 5.56 Å². The Morgan fingerprint density at radius 3 is 2.38 bits per heavy atom. The lowest BCUT2D eigenvalue weighted by molar-refractivity contribution is 1.21. The van der Waals surface area contributed by atoms with Crippen LogP contribution in [-0.2, 0) is 0 Å². The van der Waals surface area contributed by atoms with Gasteiger partial charge >= 0.3 is 0 Å². The molecule has 4 heteroatoms. The molecule has 13 heavy (non-hydrogen) atoms. The average molecular weight is 176 g/mol. The van der Waals surface area contributed by atoms with Crippen molar-refractivity contribution >= 4 is 12.2 Å². The molecule has 0 spiro atoms. The van der Waals surface area contributed by atoms with Crippen LogP contribution in [0.15, 0.2) is 34.5 Å². The third-order valence-electron chi connectivity index (χ3n) is 1.46. The Morgan fingerprint density at radius 1 is 1.23 bits per heavy atom. The van der Waals surface area contributed by atoms with Crippen molar-refractivity contribution in [3.63, 3.8) is 0 Å². The van der Waals surface area contributed by atoms with E-state index in [-0.39, 0.29) is 5.96 Å². The van der Waals surface area contributed by atoms with Crippen LogP contribution in [0.2, 0.25) is 0 Å². The van der Waals surface area contributed by atoms with E-state index in [1.54, 1.807) is 6.21 Å². The molecule has 1 aromatic carbocycles. The SMILES string of the molecule is Cc1ccc(/C=N/N=C(N)N)cc1. The van der Waals surface area contributed by atoms with Crippen LogP contribution < -0.4 is 11.5 Å². The summed E-state index contributed by atoms with van der Waals surface area (Å²) in [4.78, 5) is 0. The zero-order valence-electron chi connectivity index (χ0n) is 7.44. The number of aryl methyl sites for hydroxylation is 1. The van der Waals surface area contributed by atoms with Crippen LogP contribution in [-0.4, -0.2) is 12.2 Å². The summed E-state index contributed by atoms with van der Waals surface area (Å²) in [6.45, 7) is 2.02. The smallest absolute Gasteiger partial charge is 0.211 e. The molecule has 1 aromatic rings. The first-order chi connectivity index (χ1) is 6.18. The summed E-state index contributed by atoms with van der Waals surface area (Å²) >= 11 is 0. The number of benzene rings is 1. The van der Waals surface area contributed by atoms with Gasteiger partial charge in [0.15, 0.2) is 0 Å². The number of hydrogen-bond acceptors (Lipinski definition) is 2. The fourth-order valence-corrected chi connectivity index (χ4v) is 0.815. The maximum Gasteiger partial charge on any atom is 0.211 e. The van der Waals surface area contributed by atoms with Crippen molar-refractivity contribution in [2.45, 2.75) is 6.92 Å². The Bertz CT molecular complexity index is 320. The van der Waals surface area contributed by atoms with Gasteiger partial charge in [0.1, 0.15) is 0 Å². The minimum atomic E-state index is -0.0386. The van der Waals surface area contributed by atoms with Crippen LogP contribution in [0.1, 0.15) is 11.1 Å². The lowest BCUT2D eigenvalue weighted by Crippen LogP contribution is -2.21. The van der Waals surface area contributed by atoms with Gasteiger partial charge < -0.3 is 11.5 Å². The maximum atomic E-state index is 5.09. The fraction of sp³-hybridized carbons (Fsp3) is 0.111. The topological polar surface area (TPSA) is 76.8 Å². The molecule has 1 rings (SSSR count). The number of guanidine groups is 1. The number of nitrogens with two attached hydrogens (primary N) is 2. The van der Waals surface area contributed by atoms with Gasteiger partial charge in [0, 0.05) is 0 Å². The normalized spacial score (nSPS) is 10.2. The minimum Gasteiger partial charge on any atom is -0.369 e. The summed E-state index contributed by atoms with van der Waals surface area (Å²) in [6, 6.07) is 7.88. The molecule has 0 unspecified atom stereocenters. The van der Waals surface area contributed by atoms with E-state index in [0.717, 1.165) is 5.56 Å². The van der Waals surface area contributed by atoms with Crippen LogP contribution >= 0.6 is 0 Å². The van der Waals surface area contributed by atoms with Crippen molar-refractivity contribution in [2.75, 3.05) is 0 Å². The first-order valence-corrected chi connectivity index (χ1v) is 3.87. The number of nitrogens with zero attached hydrogens (tertiary/aromatic N) is 2.